The number of hydrogen-bond donors (Lipinski definition) is 1. The Bertz CT molecular complexity index is 525. The zero-order valence-corrected chi connectivity index (χ0v) is 12.7. The van der Waals surface area contributed by atoms with Crippen molar-refractivity contribution >= 4 is 12.0 Å². The lowest BCUT2D eigenvalue weighted by Gasteiger charge is -2.33. The number of rotatable bonds is 5. The van der Waals surface area contributed by atoms with Crippen molar-refractivity contribution < 1.29 is 14.6 Å². The van der Waals surface area contributed by atoms with Crippen molar-refractivity contribution in [3.63, 3.8) is 0 Å². The van der Waals surface area contributed by atoms with Crippen LogP contribution in [-0.4, -0.2) is 35.7 Å². The van der Waals surface area contributed by atoms with Crippen molar-refractivity contribution in [3.8, 4) is 5.75 Å². The number of aliphatic carboxylic acids is 1. The largest absolute Gasteiger partial charge is 0.497 e. The molecule has 0 radical (unpaired) electrons. The maximum absolute atomic E-state index is 10.7. The third-order valence-electron chi connectivity index (χ3n) is 4.07. The van der Waals surface area contributed by atoms with E-state index in [0.29, 0.717) is 6.04 Å². The van der Waals surface area contributed by atoms with Crippen LogP contribution in [0.25, 0.3) is 6.08 Å². The topological polar surface area (TPSA) is 49.8 Å². The molecule has 1 heterocycles. The summed E-state index contributed by atoms with van der Waals surface area (Å²) in [6.07, 6.45) is 6.59. The average Bonchev–Trinajstić information content (AvgIpc) is 2.48. The van der Waals surface area contributed by atoms with Gasteiger partial charge in [-0.25, -0.2) is 4.79 Å². The molecular formula is C17H23NO3. The summed E-state index contributed by atoms with van der Waals surface area (Å²) in [4.78, 5) is 13.2. The highest BCUT2D eigenvalue weighted by Crippen LogP contribution is 2.24. The second-order valence-electron chi connectivity index (χ2n) is 5.55. The van der Waals surface area contributed by atoms with E-state index in [9.17, 15) is 4.79 Å². The molecule has 114 valence electrons. The van der Waals surface area contributed by atoms with Crippen molar-refractivity contribution in [1.29, 1.82) is 0 Å². The van der Waals surface area contributed by atoms with Crippen LogP contribution in [0, 0.1) is 0 Å². The predicted molar refractivity (Wildman–Crippen MR) is 83.4 cm³/mol. The zero-order valence-electron chi connectivity index (χ0n) is 12.7. The Morgan fingerprint density at radius 2 is 2.29 bits per heavy atom. The third kappa shape index (κ3) is 4.33. The first-order valence-corrected chi connectivity index (χ1v) is 7.42. The standard InChI is InChI=1S/C17H23NO3/c1-13-5-3-4-10-18(13)12-15-11-16(21-2)8-6-14(15)7-9-17(19)20/h6-9,11,13H,3-5,10,12H2,1-2H3,(H,19,20). The Balaban J connectivity index is 2.23. The number of piperidine rings is 1. The summed E-state index contributed by atoms with van der Waals surface area (Å²) < 4.78 is 5.29. The van der Waals surface area contributed by atoms with E-state index < -0.39 is 5.97 Å². The zero-order chi connectivity index (χ0) is 15.2. The SMILES string of the molecule is COc1ccc(C=CC(=O)O)c(CN2CCCCC2C)c1. The number of nitrogens with zero attached hydrogens (tertiary/aromatic N) is 1. The van der Waals surface area contributed by atoms with Crippen molar-refractivity contribution in [1.82, 2.24) is 4.90 Å². The Morgan fingerprint density at radius 3 is 2.95 bits per heavy atom. The van der Waals surface area contributed by atoms with Crippen LogP contribution in [0.4, 0.5) is 0 Å². The van der Waals surface area contributed by atoms with Crippen molar-refractivity contribution in [2.75, 3.05) is 13.7 Å². The fourth-order valence-electron chi connectivity index (χ4n) is 2.78. The summed E-state index contributed by atoms with van der Waals surface area (Å²) in [6, 6.07) is 6.36. The molecule has 1 saturated heterocycles. The Morgan fingerprint density at radius 1 is 1.48 bits per heavy atom. The number of hydrogen-bond acceptors (Lipinski definition) is 3. The lowest BCUT2D eigenvalue weighted by atomic mass is 10.0. The van der Waals surface area contributed by atoms with E-state index in [0.717, 1.165) is 30.0 Å². The molecule has 1 aliphatic rings. The highest BCUT2D eigenvalue weighted by Gasteiger charge is 2.19. The quantitative estimate of drug-likeness (QED) is 0.846. The second kappa shape index (κ2) is 7.27. The molecule has 4 nitrogen and oxygen atoms in total. The molecule has 4 heteroatoms. The predicted octanol–water partition coefficient (Wildman–Crippen LogP) is 3.17. The van der Waals surface area contributed by atoms with Crippen LogP contribution in [0.15, 0.2) is 24.3 Å². The molecule has 2 rings (SSSR count). The van der Waals surface area contributed by atoms with E-state index in [-0.39, 0.29) is 0 Å². The van der Waals surface area contributed by atoms with Crippen LogP contribution in [0.1, 0.15) is 37.3 Å². The molecule has 1 aromatic rings. The highest BCUT2D eigenvalue weighted by molar-refractivity contribution is 5.85. The van der Waals surface area contributed by atoms with Crippen molar-refractivity contribution in [2.45, 2.75) is 38.8 Å². The first-order valence-electron chi connectivity index (χ1n) is 7.42. The Kier molecular flexibility index (Phi) is 5.39. The summed E-state index contributed by atoms with van der Waals surface area (Å²) in [5.74, 6) is -0.120. The fourth-order valence-corrected chi connectivity index (χ4v) is 2.78. The maximum Gasteiger partial charge on any atom is 0.328 e. The van der Waals surface area contributed by atoms with Gasteiger partial charge >= 0.3 is 5.97 Å². The molecule has 0 aliphatic carbocycles. The van der Waals surface area contributed by atoms with E-state index in [1.807, 2.05) is 18.2 Å². The number of carboxylic acid groups (broad SMARTS) is 1. The number of ether oxygens (including phenoxy) is 1. The van der Waals surface area contributed by atoms with Gasteiger partial charge in [0.1, 0.15) is 5.75 Å². The first-order chi connectivity index (χ1) is 10.1. The van der Waals surface area contributed by atoms with Gasteiger partial charge in [-0.2, -0.15) is 0 Å². The number of benzene rings is 1. The number of carboxylic acids is 1. The van der Waals surface area contributed by atoms with Gasteiger partial charge in [-0.15, -0.1) is 0 Å². The lowest BCUT2D eigenvalue weighted by Crippen LogP contribution is -2.36. The van der Waals surface area contributed by atoms with Gasteiger partial charge in [0, 0.05) is 18.7 Å². The van der Waals surface area contributed by atoms with Crippen molar-refractivity contribution in [2.24, 2.45) is 0 Å². The van der Waals surface area contributed by atoms with Crippen LogP contribution < -0.4 is 4.74 Å². The smallest absolute Gasteiger partial charge is 0.328 e. The number of carbonyl (C=O) groups is 1. The average molecular weight is 289 g/mol. The highest BCUT2D eigenvalue weighted by atomic mass is 16.5. The minimum absolute atomic E-state index is 0.571. The van der Waals surface area contributed by atoms with Gasteiger partial charge < -0.3 is 9.84 Å². The summed E-state index contributed by atoms with van der Waals surface area (Å²) >= 11 is 0. The number of methoxy groups -OCH3 is 1. The van der Waals surface area contributed by atoms with Crippen LogP contribution in [0.5, 0.6) is 5.75 Å². The molecule has 1 aromatic carbocycles. The van der Waals surface area contributed by atoms with Crippen LogP contribution >= 0.6 is 0 Å². The molecule has 1 N–H and O–H groups in total. The second-order valence-corrected chi connectivity index (χ2v) is 5.55. The molecule has 0 saturated carbocycles. The van der Waals surface area contributed by atoms with E-state index in [2.05, 4.69) is 11.8 Å². The van der Waals surface area contributed by atoms with Gasteiger partial charge in [0.15, 0.2) is 0 Å². The van der Waals surface area contributed by atoms with Crippen molar-refractivity contribution in [3.05, 3.63) is 35.4 Å². The van der Waals surface area contributed by atoms with Gasteiger partial charge in [-0.05, 0) is 55.6 Å². The summed E-state index contributed by atoms with van der Waals surface area (Å²) in [5, 5.41) is 8.81. The molecule has 1 fully saturated rings. The molecule has 0 amide bonds. The molecule has 1 atom stereocenters. The molecule has 1 unspecified atom stereocenters. The van der Waals surface area contributed by atoms with Gasteiger partial charge in [-0.1, -0.05) is 12.5 Å². The number of likely N-dealkylation sites (tertiary alicyclic amines) is 1. The molecular weight excluding hydrogens is 266 g/mol. The van der Waals surface area contributed by atoms with Crippen LogP contribution in [0.2, 0.25) is 0 Å². The fraction of sp³-hybridized carbons (Fsp3) is 0.471. The van der Waals surface area contributed by atoms with Gasteiger partial charge in [-0.3, -0.25) is 4.90 Å². The summed E-state index contributed by atoms with van der Waals surface area (Å²) in [7, 11) is 1.65. The van der Waals surface area contributed by atoms with Gasteiger partial charge in [0.05, 0.1) is 7.11 Å². The van der Waals surface area contributed by atoms with E-state index in [1.165, 1.54) is 25.3 Å². The minimum atomic E-state index is -0.928. The van der Waals surface area contributed by atoms with E-state index in [1.54, 1.807) is 13.2 Å². The minimum Gasteiger partial charge on any atom is -0.497 e. The molecule has 0 aromatic heterocycles. The maximum atomic E-state index is 10.7. The summed E-state index contributed by atoms with van der Waals surface area (Å²) in [6.45, 7) is 4.18. The summed E-state index contributed by atoms with van der Waals surface area (Å²) in [5.41, 5.74) is 2.05. The molecule has 0 bridgehead atoms. The molecule has 21 heavy (non-hydrogen) atoms. The van der Waals surface area contributed by atoms with E-state index >= 15 is 0 Å². The van der Waals surface area contributed by atoms with Gasteiger partial charge in [0.2, 0.25) is 0 Å². The molecule has 1 aliphatic heterocycles. The Labute approximate surface area is 126 Å². The lowest BCUT2D eigenvalue weighted by molar-refractivity contribution is -0.131. The normalized spacial score (nSPS) is 19.8. The van der Waals surface area contributed by atoms with Crippen LogP contribution in [0.3, 0.4) is 0 Å². The molecule has 0 spiro atoms. The van der Waals surface area contributed by atoms with E-state index in [4.69, 9.17) is 9.84 Å². The van der Waals surface area contributed by atoms with Crippen LogP contribution in [-0.2, 0) is 11.3 Å². The Hall–Kier alpha value is -1.81. The first kappa shape index (κ1) is 15.6. The third-order valence-corrected chi connectivity index (χ3v) is 4.07. The monoisotopic (exact) mass is 289 g/mol. The van der Waals surface area contributed by atoms with Gasteiger partial charge in [0.25, 0.3) is 0 Å².